The average molecular weight is 201 g/mol. The molecule has 0 spiro atoms. The lowest BCUT2D eigenvalue weighted by Gasteiger charge is -2.19. The Morgan fingerprint density at radius 3 is 2.36 bits per heavy atom. The van der Waals surface area contributed by atoms with Gasteiger partial charge < -0.3 is 14.8 Å². The summed E-state index contributed by atoms with van der Waals surface area (Å²) >= 11 is 0. The molecule has 0 aliphatic rings. The van der Waals surface area contributed by atoms with Crippen molar-refractivity contribution in [1.82, 2.24) is 4.90 Å². The van der Waals surface area contributed by atoms with Crippen molar-refractivity contribution in [2.75, 3.05) is 19.7 Å². The van der Waals surface area contributed by atoms with Gasteiger partial charge in [0, 0.05) is 32.5 Å². The third kappa shape index (κ3) is 5.70. The number of nitrogens with zero attached hydrogens (tertiary/aromatic N) is 1. The van der Waals surface area contributed by atoms with Crippen LogP contribution in [0.5, 0.6) is 0 Å². The molecule has 0 heterocycles. The zero-order chi connectivity index (χ0) is 11.0. The molecule has 0 bridgehead atoms. The maximum absolute atomic E-state index is 11.5. The van der Waals surface area contributed by atoms with Gasteiger partial charge in [0.15, 0.2) is 0 Å². The Morgan fingerprint density at radius 1 is 1.29 bits per heavy atom. The molecule has 0 aliphatic heterocycles. The van der Waals surface area contributed by atoms with Crippen molar-refractivity contribution >= 4 is 11.7 Å². The highest BCUT2D eigenvalue weighted by Gasteiger charge is 2.11. The van der Waals surface area contributed by atoms with Gasteiger partial charge in [0.1, 0.15) is 5.78 Å². The Labute approximate surface area is 84.9 Å². The van der Waals surface area contributed by atoms with Crippen LogP contribution in [0, 0.1) is 0 Å². The van der Waals surface area contributed by atoms with E-state index in [0.717, 1.165) is 0 Å². The third-order valence-electron chi connectivity index (χ3n) is 2.01. The van der Waals surface area contributed by atoms with Crippen LogP contribution in [0.15, 0.2) is 0 Å². The molecule has 0 saturated heterocycles. The Balaban J connectivity index is 3.85. The minimum absolute atomic E-state index is 0.00356. The molecule has 0 aliphatic carbocycles. The van der Waals surface area contributed by atoms with Crippen LogP contribution in [0.1, 0.15) is 33.1 Å². The fourth-order valence-electron chi connectivity index (χ4n) is 1.16. The summed E-state index contributed by atoms with van der Waals surface area (Å²) in [5, 5.41) is 8.62. The molecule has 0 unspecified atom stereocenters. The molecule has 0 atom stereocenters. The van der Waals surface area contributed by atoms with Gasteiger partial charge in [0.05, 0.1) is 0 Å². The molecule has 4 heteroatoms. The summed E-state index contributed by atoms with van der Waals surface area (Å²) in [7, 11) is 0. The van der Waals surface area contributed by atoms with Crippen molar-refractivity contribution in [3.63, 3.8) is 0 Å². The van der Waals surface area contributed by atoms with E-state index in [2.05, 4.69) is 0 Å². The van der Waals surface area contributed by atoms with Crippen molar-refractivity contribution in [2.45, 2.75) is 33.1 Å². The Kier molecular flexibility index (Phi) is 7.02. The molecule has 0 aromatic heterocycles. The van der Waals surface area contributed by atoms with Gasteiger partial charge in [-0.05, 0) is 20.3 Å². The molecule has 0 fully saturated rings. The Morgan fingerprint density at radius 2 is 1.93 bits per heavy atom. The topological polar surface area (TPSA) is 57.6 Å². The van der Waals surface area contributed by atoms with E-state index in [4.69, 9.17) is 5.11 Å². The molecule has 0 saturated carbocycles. The van der Waals surface area contributed by atoms with Crippen LogP contribution in [0.4, 0.5) is 0 Å². The van der Waals surface area contributed by atoms with Gasteiger partial charge >= 0.3 is 0 Å². The van der Waals surface area contributed by atoms with Crippen LogP contribution in [0.2, 0.25) is 0 Å². The fraction of sp³-hybridized carbons (Fsp3) is 0.800. The highest BCUT2D eigenvalue weighted by molar-refractivity contribution is 5.83. The predicted octanol–water partition coefficient (Wildman–Crippen LogP) is 0.586. The lowest BCUT2D eigenvalue weighted by molar-refractivity contribution is -0.132. The Bertz CT molecular complexity index is 192. The van der Waals surface area contributed by atoms with Crippen LogP contribution in [0.25, 0.3) is 0 Å². The summed E-state index contributed by atoms with van der Waals surface area (Å²) in [5.41, 5.74) is 0. The van der Waals surface area contributed by atoms with E-state index >= 15 is 0 Å². The van der Waals surface area contributed by atoms with Gasteiger partial charge in [-0.3, -0.25) is 4.79 Å². The smallest absolute Gasteiger partial charge is 0.223 e. The highest BCUT2D eigenvalue weighted by atomic mass is 16.3. The van der Waals surface area contributed by atoms with E-state index in [-0.39, 0.29) is 24.7 Å². The number of amides is 1. The molecule has 0 radical (unpaired) electrons. The lowest BCUT2D eigenvalue weighted by atomic mass is 10.2. The molecule has 0 aromatic carbocycles. The van der Waals surface area contributed by atoms with Crippen LogP contribution < -0.4 is 0 Å². The first kappa shape index (κ1) is 13.1. The number of hydrogen-bond donors (Lipinski definition) is 1. The number of carbonyl (C=O) groups excluding carboxylic acids is 2. The summed E-state index contributed by atoms with van der Waals surface area (Å²) in [6.45, 7) is 4.68. The molecule has 1 amide bonds. The summed E-state index contributed by atoms with van der Waals surface area (Å²) in [6.07, 6.45) is 1.20. The van der Waals surface area contributed by atoms with Gasteiger partial charge in [-0.2, -0.15) is 0 Å². The number of aliphatic hydroxyl groups excluding tert-OH is 1. The average Bonchev–Trinajstić information content (AvgIpc) is 2.16. The quantitative estimate of drug-likeness (QED) is 0.655. The largest absolute Gasteiger partial charge is 0.396 e. The lowest BCUT2D eigenvalue weighted by Crippen LogP contribution is -2.32. The maximum atomic E-state index is 11.5. The fourth-order valence-corrected chi connectivity index (χ4v) is 1.16. The normalized spacial score (nSPS) is 9.93. The van der Waals surface area contributed by atoms with Crippen molar-refractivity contribution in [2.24, 2.45) is 0 Å². The van der Waals surface area contributed by atoms with Crippen molar-refractivity contribution in [3.05, 3.63) is 0 Å². The van der Waals surface area contributed by atoms with E-state index in [1.165, 1.54) is 6.92 Å². The van der Waals surface area contributed by atoms with E-state index in [1.54, 1.807) is 4.90 Å². The summed E-state index contributed by atoms with van der Waals surface area (Å²) in [5.74, 6) is 0.0349. The van der Waals surface area contributed by atoms with E-state index < -0.39 is 0 Å². The minimum atomic E-state index is -0.00356. The molecule has 0 aromatic rings. The molecule has 82 valence electrons. The second-order valence-electron chi connectivity index (χ2n) is 3.25. The third-order valence-corrected chi connectivity index (χ3v) is 2.01. The zero-order valence-corrected chi connectivity index (χ0v) is 8.95. The molecule has 4 nitrogen and oxygen atoms in total. The second-order valence-corrected chi connectivity index (χ2v) is 3.25. The first-order valence-corrected chi connectivity index (χ1v) is 4.99. The molecular formula is C10H19NO3. The van der Waals surface area contributed by atoms with Gasteiger partial charge in [-0.15, -0.1) is 0 Å². The van der Waals surface area contributed by atoms with Crippen molar-refractivity contribution < 1.29 is 14.7 Å². The predicted molar refractivity (Wildman–Crippen MR) is 53.9 cm³/mol. The van der Waals surface area contributed by atoms with E-state index in [1.807, 2.05) is 6.92 Å². The van der Waals surface area contributed by atoms with Crippen LogP contribution in [0.3, 0.4) is 0 Å². The van der Waals surface area contributed by atoms with Gasteiger partial charge in [-0.1, -0.05) is 0 Å². The SMILES string of the molecule is CCN(CCCO)C(=O)CCC(C)=O. The first-order chi connectivity index (χ1) is 6.61. The summed E-state index contributed by atoms with van der Waals surface area (Å²) in [6, 6.07) is 0. The zero-order valence-electron chi connectivity index (χ0n) is 8.95. The standard InChI is InChI=1S/C10H19NO3/c1-3-11(7-4-8-12)10(14)6-5-9(2)13/h12H,3-8H2,1-2H3. The monoisotopic (exact) mass is 201 g/mol. The maximum Gasteiger partial charge on any atom is 0.223 e. The summed E-state index contributed by atoms with van der Waals surface area (Å²) < 4.78 is 0. The number of hydrogen-bond acceptors (Lipinski definition) is 3. The second kappa shape index (κ2) is 7.50. The molecule has 1 N–H and O–H groups in total. The van der Waals surface area contributed by atoms with Crippen molar-refractivity contribution in [3.8, 4) is 0 Å². The molecule has 0 rings (SSSR count). The van der Waals surface area contributed by atoms with E-state index in [9.17, 15) is 9.59 Å². The Hall–Kier alpha value is -0.900. The number of ketones is 1. The number of carbonyl (C=O) groups is 2. The summed E-state index contributed by atoms with van der Waals surface area (Å²) in [4.78, 5) is 23.8. The van der Waals surface area contributed by atoms with Crippen LogP contribution in [-0.2, 0) is 9.59 Å². The first-order valence-electron chi connectivity index (χ1n) is 4.99. The minimum Gasteiger partial charge on any atom is -0.396 e. The number of rotatable bonds is 7. The van der Waals surface area contributed by atoms with Gasteiger partial charge in [0.25, 0.3) is 0 Å². The number of Topliss-reactive ketones (excluding diaryl/α,β-unsaturated/α-hetero) is 1. The van der Waals surface area contributed by atoms with Gasteiger partial charge in [0.2, 0.25) is 5.91 Å². The molecule has 14 heavy (non-hydrogen) atoms. The van der Waals surface area contributed by atoms with Crippen molar-refractivity contribution in [1.29, 1.82) is 0 Å². The van der Waals surface area contributed by atoms with E-state index in [0.29, 0.717) is 25.9 Å². The van der Waals surface area contributed by atoms with Crippen LogP contribution >= 0.6 is 0 Å². The highest BCUT2D eigenvalue weighted by Crippen LogP contribution is 1.99. The molecular weight excluding hydrogens is 182 g/mol. The van der Waals surface area contributed by atoms with Gasteiger partial charge in [-0.25, -0.2) is 0 Å². The number of aliphatic hydroxyl groups is 1. The van der Waals surface area contributed by atoms with Crippen LogP contribution in [-0.4, -0.2) is 41.4 Å².